The Morgan fingerprint density at radius 3 is 2.87 bits per heavy atom. The first kappa shape index (κ1) is 11.6. The number of carbonyl (C=O) groups is 1. The number of amides is 1. The molecule has 1 amide bonds. The van der Waals surface area contributed by atoms with Crippen molar-refractivity contribution in [2.75, 3.05) is 12.4 Å². The smallest absolute Gasteiger partial charge is 0.245 e. The van der Waals surface area contributed by atoms with Crippen LogP contribution in [0.15, 0.2) is 24.4 Å². The molecule has 82 valence electrons. The number of ether oxygens (including phenoxy) is 1. The van der Waals surface area contributed by atoms with Crippen molar-refractivity contribution >= 4 is 11.7 Å². The molecule has 15 heavy (non-hydrogen) atoms. The highest BCUT2D eigenvalue weighted by Gasteiger charge is 2.20. The Bertz CT molecular complexity index is 316. The zero-order chi connectivity index (χ0) is 11.3. The summed E-state index contributed by atoms with van der Waals surface area (Å²) in [7, 11) is 1.51. The molecule has 0 fully saturated rings. The van der Waals surface area contributed by atoms with E-state index in [1.807, 2.05) is 0 Å². The lowest BCUT2D eigenvalue weighted by Gasteiger charge is -2.17. The van der Waals surface area contributed by atoms with Gasteiger partial charge < -0.3 is 15.8 Å². The first-order chi connectivity index (χ1) is 7.15. The number of aromatic nitrogens is 1. The molecule has 1 aromatic rings. The van der Waals surface area contributed by atoms with Crippen LogP contribution >= 0.6 is 0 Å². The van der Waals surface area contributed by atoms with Gasteiger partial charge in [0, 0.05) is 13.3 Å². The highest BCUT2D eigenvalue weighted by atomic mass is 16.5. The molecule has 5 nitrogen and oxygen atoms in total. The summed E-state index contributed by atoms with van der Waals surface area (Å²) in [5.74, 6) is 0.185. The van der Waals surface area contributed by atoms with Crippen molar-refractivity contribution < 1.29 is 9.53 Å². The number of nitrogens with one attached hydrogen (secondary N) is 1. The molecule has 0 saturated heterocycles. The molecule has 1 heterocycles. The maximum absolute atomic E-state index is 11.6. The van der Waals surface area contributed by atoms with Gasteiger partial charge >= 0.3 is 0 Å². The van der Waals surface area contributed by atoms with E-state index in [2.05, 4.69) is 10.3 Å². The summed E-state index contributed by atoms with van der Waals surface area (Å²) in [6, 6.07) is 4.56. The molecule has 0 bridgehead atoms. The number of methoxy groups -OCH3 is 1. The number of nitrogens with zero attached hydrogens (tertiary/aromatic N) is 1. The van der Waals surface area contributed by atoms with Crippen molar-refractivity contribution in [3.63, 3.8) is 0 Å². The monoisotopic (exact) mass is 209 g/mol. The first-order valence-electron chi connectivity index (χ1n) is 4.65. The lowest BCUT2D eigenvalue weighted by Crippen LogP contribution is -2.44. The average Bonchev–Trinajstić information content (AvgIpc) is 2.28. The molecule has 0 aromatic carbocycles. The Hall–Kier alpha value is -1.46. The Kier molecular flexibility index (Phi) is 4.20. The quantitative estimate of drug-likeness (QED) is 0.751. The summed E-state index contributed by atoms with van der Waals surface area (Å²) in [5, 5.41) is 2.60. The van der Waals surface area contributed by atoms with Gasteiger partial charge in [0.05, 0.1) is 6.10 Å². The van der Waals surface area contributed by atoms with Crippen LogP contribution in [-0.4, -0.2) is 30.1 Å². The zero-order valence-electron chi connectivity index (χ0n) is 8.81. The molecule has 5 heteroatoms. The van der Waals surface area contributed by atoms with Gasteiger partial charge in [0.25, 0.3) is 0 Å². The van der Waals surface area contributed by atoms with Gasteiger partial charge in [-0.1, -0.05) is 6.07 Å². The second-order valence-electron chi connectivity index (χ2n) is 3.17. The van der Waals surface area contributed by atoms with Gasteiger partial charge in [-0.15, -0.1) is 0 Å². The fourth-order valence-electron chi connectivity index (χ4n) is 1.01. The molecule has 1 rings (SSSR count). The van der Waals surface area contributed by atoms with Crippen LogP contribution in [0.5, 0.6) is 0 Å². The van der Waals surface area contributed by atoms with E-state index in [4.69, 9.17) is 10.5 Å². The maximum atomic E-state index is 11.6. The molecule has 0 aliphatic rings. The van der Waals surface area contributed by atoms with E-state index in [0.29, 0.717) is 5.82 Å². The lowest BCUT2D eigenvalue weighted by atomic mass is 10.2. The summed E-state index contributed by atoms with van der Waals surface area (Å²) >= 11 is 0. The van der Waals surface area contributed by atoms with Crippen LogP contribution in [0.4, 0.5) is 5.82 Å². The Labute approximate surface area is 88.6 Å². The number of nitrogens with two attached hydrogens (primary N) is 1. The van der Waals surface area contributed by atoms with Gasteiger partial charge in [0.2, 0.25) is 5.91 Å². The minimum absolute atomic E-state index is 0.303. The second-order valence-corrected chi connectivity index (χ2v) is 3.17. The minimum atomic E-state index is -0.697. The van der Waals surface area contributed by atoms with Gasteiger partial charge in [-0.3, -0.25) is 4.79 Å². The summed E-state index contributed by atoms with van der Waals surface area (Å²) in [6.07, 6.45) is 1.27. The Morgan fingerprint density at radius 1 is 1.60 bits per heavy atom. The van der Waals surface area contributed by atoms with Crippen LogP contribution in [0.2, 0.25) is 0 Å². The number of anilines is 1. The number of pyridine rings is 1. The zero-order valence-corrected chi connectivity index (χ0v) is 8.81. The van der Waals surface area contributed by atoms with E-state index in [1.54, 1.807) is 31.3 Å². The van der Waals surface area contributed by atoms with E-state index in [9.17, 15) is 4.79 Å². The average molecular weight is 209 g/mol. The molecule has 3 N–H and O–H groups in total. The molecule has 0 aliphatic carbocycles. The fraction of sp³-hybridized carbons (Fsp3) is 0.400. The summed E-state index contributed by atoms with van der Waals surface area (Å²) in [5.41, 5.74) is 5.65. The lowest BCUT2D eigenvalue weighted by molar-refractivity contribution is -0.120. The van der Waals surface area contributed by atoms with Gasteiger partial charge in [0.15, 0.2) is 0 Å². The third-order valence-electron chi connectivity index (χ3n) is 2.10. The fourth-order valence-corrected chi connectivity index (χ4v) is 1.01. The molecule has 1 aromatic heterocycles. The van der Waals surface area contributed by atoms with E-state index < -0.39 is 6.04 Å². The van der Waals surface area contributed by atoms with Crippen LogP contribution in [0.25, 0.3) is 0 Å². The standard InChI is InChI=1S/C10H15N3O2/c1-7(15-2)9(11)10(14)13-8-5-3-4-6-12-8/h3-7,9H,11H2,1-2H3,(H,12,13,14)/t7-,9+/m1/s1. The molecular weight excluding hydrogens is 194 g/mol. The second kappa shape index (κ2) is 5.43. The first-order valence-corrected chi connectivity index (χ1v) is 4.65. The predicted molar refractivity (Wildman–Crippen MR) is 57.3 cm³/mol. The third kappa shape index (κ3) is 3.30. The summed E-state index contributed by atoms with van der Waals surface area (Å²) in [4.78, 5) is 15.5. The van der Waals surface area contributed by atoms with Crippen molar-refractivity contribution in [3.8, 4) is 0 Å². The number of hydrogen-bond acceptors (Lipinski definition) is 4. The highest BCUT2D eigenvalue weighted by Crippen LogP contribution is 2.02. The van der Waals surface area contributed by atoms with Crippen LogP contribution in [-0.2, 0) is 9.53 Å². The largest absolute Gasteiger partial charge is 0.380 e. The maximum Gasteiger partial charge on any atom is 0.245 e. The molecule has 0 saturated carbocycles. The molecule has 0 radical (unpaired) electrons. The molecular formula is C10H15N3O2. The van der Waals surface area contributed by atoms with Crippen molar-refractivity contribution in [1.29, 1.82) is 0 Å². The van der Waals surface area contributed by atoms with Gasteiger partial charge in [-0.2, -0.15) is 0 Å². The number of rotatable bonds is 4. The Balaban J connectivity index is 2.56. The van der Waals surface area contributed by atoms with E-state index in [-0.39, 0.29) is 12.0 Å². The van der Waals surface area contributed by atoms with Crippen molar-refractivity contribution in [2.45, 2.75) is 19.1 Å². The van der Waals surface area contributed by atoms with Gasteiger partial charge in [-0.05, 0) is 19.1 Å². The highest BCUT2D eigenvalue weighted by molar-refractivity contribution is 5.94. The van der Waals surface area contributed by atoms with Gasteiger partial charge in [0.1, 0.15) is 11.9 Å². The predicted octanol–water partition coefficient (Wildman–Crippen LogP) is 0.382. The van der Waals surface area contributed by atoms with Crippen LogP contribution in [0.3, 0.4) is 0 Å². The van der Waals surface area contributed by atoms with E-state index in [0.717, 1.165) is 0 Å². The van der Waals surface area contributed by atoms with Crippen LogP contribution in [0, 0.1) is 0 Å². The van der Waals surface area contributed by atoms with Crippen molar-refractivity contribution in [3.05, 3.63) is 24.4 Å². The van der Waals surface area contributed by atoms with Crippen molar-refractivity contribution in [1.82, 2.24) is 4.98 Å². The normalized spacial score (nSPS) is 14.3. The van der Waals surface area contributed by atoms with E-state index in [1.165, 1.54) is 7.11 Å². The molecule has 0 aliphatic heterocycles. The minimum Gasteiger partial charge on any atom is -0.380 e. The van der Waals surface area contributed by atoms with Crippen LogP contribution in [0.1, 0.15) is 6.92 Å². The topological polar surface area (TPSA) is 77.2 Å². The van der Waals surface area contributed by atoms with Crippen LogP contribution < -0.4 is 11.1 Å². The molecule has 0 unspecified atom stereocenters. The SMILES string of the molecule is CO[C@H](C)[C@H](N)C(=O)Nc1ccccn1. The Morgan fingerprint density at radius 2 is 2.33 bits per heavy atom. The summed E-state index contributed by atoms with van der Waals surface area (Å²) < 4.78 is 4.96. The third-order valence-corrected chi connectivity index (χ3v) is 2.10. The van der Waals surface area contributed by atoms with Crippen molar-refractivity contribution in [2.24, 2.45) is 5.73 Å². The molecule has 0 spiro atoms. The number of hydrogen-bond donors (Lipinski definition) is 2. The van der Waals surface area contributed by atoms with Gasteiger partial charge in [-0.25, -0.2) is 4.98 Å². The van der Waals surface area contributed by atoms with E-state index >= 15 is 0 Å². The summed E-state index contributed by atoms with van der Waals surface area (Å²) in [6.45, 7) is 1.74. The molecule has 2 atom stereocenters. The number of carbonyl (C=O) groups excluding carboxylic acids is 1.